The Kier molecular flexibility index (Phi) is 7.14. The van der Waals surface area contributed by atoms with Crippen LogP contribution in [-0.4, -0.2) is 57.1 Å². The topological polar surface area (TPSA) is 66.4 Å². The lowest BCUT2D eigenvalue weighted by Crippen LogP contribution is -2.44. The molecule has 0 spiro atoms. The molecule has 0 radical (unpaired) electrons. The number of nitrogens with zero attached hydrogens (tertiary/aromatic N) is 4. The Balaban J connectivity index is 1.74. The largest absolute Gasteiger partial charge is 0.338 e. The molecule has 2 aromatic rings. The first-order valence-electron chi connectivity index (χ1n) is 10.2. The van der Waals surface area contributed by atoms with Crippen LogP contribution in [0.2, 0.25) is 0 Å². The maximum absolute atomic E-state index is 12.3. The second kappa shape index (κ2) is 9.59. The van der Waals surface area contributed by atoms with Gasteiger partial charge < -0.3 is 4.90 Å². The van der Waals surface area contributed by atoms with Crippen LogP contribution in [0.4, 0.5) is 0 Å². The SMILES string of the molecule is CC(=O)Cc1ncc(CN2CCCN(C(C)=O)C(Cc3cc(C)nc(C)c3)C2)s1. The van der Waals surface area contributed by atoms with Crippen LogP contribution >= 0.6 is 11.3 Å². The molecule has 156 valence electrons. The van der Waals surface area contributed by atoms with Gasteiger partial charge in [-0.05, 0) is 51.3 Å². The Morgan fingerprint density at radius 2 is 1.90 bits per heavy atom. The van der Waals surface area contributed by atoms with Crippen molar-refractivity contribution in [3.63, 3.8) is 0 Å². The quantitative estimate of drug-likeness (QED) is 0.727. The second-order valence-electron chi connectivity index (χ2n) is 8.02. The highest BCUT2D eigenvalue weighted by Gasteiger charge is 2.27. The lowest BCUT2D eigenvalue weighted by atomic mass is 10.0. The van der Waals surface area contributed by atoms with E-state index in [0.717, 1.165) is 55.4 Å². The third-order valence-corrected chi connectivity index (χ3v) is 6.16. The molecule has 1 unspecified atom stereocenters. The van der Waals surface area contributed by atoms with Crippen LogP contribution in [0.15, 0.2) is 18.3 Å². The Labute approximate surface area is 177 Å². The summed E-state index contributed by atoms with van der Waals surface area (Å²) >= 11 is 1.62. The summed E-state index contributed by atoms with van der Waals surface area (Å²) in [7, 11) is 0. The summed E-state index contributed by atoms with van der Waals surface area (Å²) in [6.45, 7) is 10.7. The molecular weight excluding hydrogens is 384 g/mol. The predicted molar refractivity (Wildman–Crippen MR) is 115 cm³/mol. The number of carbonyl (C=O) groups is 2. The molecule has 1 aliphatic rings. The number of hydrogen-bond donors (Lipinski definition) is 0. The summed E-state index contributed by atoms with van der Waals surface area (Å²) in [6, 6.07) is 4.39. The van der Waals surface area contributed by atoms with Crippen LogP contribution in [0.3, 0.4) is 0 Å². The van der Waals surface area contributed by atoms with Gasteiger partial charge in [0, 0.05) is 61.6 Å². The van der Waals surface area contributed by atoms with E-state index in [1.165, 1.54) is 10.4 Å². The van der Waals surface area contributed by atoms with Crippen LogP contribution in [0.25, 0.3) is 0 Å². The van der Waals surface area contributed by atoms with Crippen molar-refractivity contribution < 1.29 is 9.59 Å². The van der Waals surface area contributed by atoms with Gasteiger partial charge in [-0.1, -0.05) is 0 Å². The smallest absolute Gasteiger partial charge is 0.219 e. The lowest BCUT2D eigenvalue weighted by Gasteiger charge is -2.31. The number of Topliss-reactive ketones (excluding diaryl/α,β-unsaturated/α-hetero) is 1. The Morgan fingerprint density at radius 1 is 1.17 bits per heavy atom. The molecule has 1 aliphatic heterocycles. The fraction of sp³-hybridized carbons (Fsp3) is 0.545. The van der Waals surface area contributed by atoms with E-state index in [1.54, 1.807) is 25.2 Å². The third kappa shape index (κ3) is 6.18. The lowest BCUT2D eigenvalue weighted by molar-refractivity contribution is -0.131. The molecular formula is C22H30N4O2S. The molecule has 3 rings (SSSR count). The highest BCUT2D eigenvalue weighted by molar-refractivity contribution is 7.11. The van der Waals surface area contributed by atoms with Crippen LogP contribution in [0.5, 0.6) is 0 Å². The Bertz CT molecular complexity index is 859. The van der Waals surface area contributed by atoms with Gasteiger partial charge in [0.05, 0.1) is 6.42 Å². The summed E-state index contributed by atoms with van der Waals surface area (Å²) < 4.78 is 0. The summed E-state index contributed by atoms with van der Waals surface area (Å²) in [5.41, 5.74) is 3.26. The molecule has 0 saturated carbocycles. The number of pyridine rings is 1. The molecule has 1 atom stereocenters. The fourth-order valence-corrected chi connectivity index (χ4v) is 5.15. The monoisotopic (exact) mass is 414 g/mol. The van der Waals surface area contributed by atoms with E-state index in [2.05, 4.69) is 27.0 Å². The van der Waals surface area contributed by atoms with Crippen molar-refractivity contribution in [2.75, 3.05) is 19.6 Å². The maximum Gasteiger partial charge on any atom is 0.219 e. The normalized spacial score (nSPS) is 17.9. The maximum atomic E-state index is 12.3. The third-order valence-electron chi connectivity index (χ3n) is 5.18. The molecule has 1 amide bonds. The summed E-state index contributed by atoms with van der Waals surface area (Å²) in [5.74, 6) is 0.279. The van der Waals surface area contributed by atoms with Gasteiger partial charge in [0.25, 0.3) is 0 Å². The first kappa shape index (κ1) is 21.6. The molecule has 29 heavy (non-hydrogen) atoms. The first-order chi connectivity index (χ1) is 13.8. The second-order valence-corrected chi connectivity index (χ2v) is 9.22. The van der Waals surface area contributed by atoms with Crippen LogP contribution in [0, 0.1) is 13.8 Å². The van der Waals surface area contributed by atoms with E-state index in [4.69, 9.17) is 0 Å². The van der Waals surface area contributed by atoms with E-state index in [1.807, 2.05) is 24.9 Å². The van der Waals surface area contributed by atoms with Crippen LogP contribution in [0.1, 0.15) is 47.1 Å². The average molecular weight is 415 g/mol. The zero-order valence-corrected chi connectivity index (χ0v) is 18.6. The van der Waals surface area contributed by atoms with Crippen molar-refractivity contribution in [1.29, 1.82) is 0 Å². The van der Waals surface area contributed by atoms with E-state index in [0.29, 0.717) is 6.42 Å². The van der Waals surface area contributed by atoms with Crippen molar-refractivity contribution in [1.82, 2.24) is 19.8 Å². The number of thiazole rings is 1. The highest BCUT2D eigenvalue weighted by atomic mass is 32.1. The van der Waals surface area contributed by atoms with Gasteiger partial charge in [0.15, 0.2) is 0 Å². The van der Waals surface area contributed by atoms with Gasteiger partial charge in [0.1, 0.15) is 10.8 Å². The van der Waals surface area contributed by atoms with Gasteiger partial charge >= 0.3 is 0 Å². The molecule has 0 N–H and O–H groups in total. The van der Waals surface area contributed by atoms with Crippen molar-refractivity contribution in [2.45, 2.75) is 59.5 Å². The summed E-state index contributed by atoms with van der Waals surface area (Å²) in [6.07, 6.45) is 4.09. The average Bonchev–Trinajstić information content (AvgIpc) is 2.92. The number of carbonyl (C=O) groups excluding carboxylic acids is 2. The number of hydrogen-bond acceptors (Lipinski definition) is 6. The van der Waals surface area contributed by atoms with Crippen molar-refractivity contribution in [3.05, 3.63) is 45.2 Å². The zero-order valence-electron chi connectivity index (χ0n) is 17.8. The predicted octanol–water partition coefficient (Wildman–Crippen LogP) is 2.95. The Morgan fingerprint density at radius 3 is 2.55 bits per heavy atom. The standard InChI is InChI=1S/C22H30N4O2S/c1-15-8-19(9-16(2)24-15)11-20-13-25(6-5-7-26(20)18(4)28)14-21-12-23-22(29-21)10-17(3)27/h8-9,12,20H,5-7,10-11,13-14H2,1-4H3. The van der Waals surface area contributed by atoms with E-state index < -0.39 is 0 Å². The fourth-order valence-electron chi connectivity index (χ4n) is 4.12. The van der Waals surface area contributed by atoms with Gasteiger partial charge in [-0.25, -0.2) is 4.98 Å². The number of aryl methyl sites for hydroxylation is 2. The van der Waals surface area contributed by atoms with Gasteiger partial charge in [-0.2, -0.15) is 0 Å². The molecule has 1 saturated heterocycles. The van der Waals surface area contributed by atoms with Gasteiger partial charge in [0.2, 0.25) is 5.91 Å². The van der Waals surface area contributed by atoms with Crippen molar-refractivity contribution in [2.24, 2.45) is 0 Å². The van der Waals surface area contributed by atoms with E-state index in [-0.39, 0.29) is 17.7 Å². The molecule has 0 bridgehead atoms. The molecule has 6 nitrogen and oxygen atoms in total. The summed E-state index contributed by atoms with van der Waals surface area (Å²) in [5, 5.41) is 0.881. The molecule has 7 heteroatoms. The minimum absolute atomic E-state index is 0.140. The summed E-state index contributed by atoms with van der Waals surface area (Å²) in [4.78, 5) is 38.1. The minimum atomic E-state index is 0.140. The highest BCUT2D eigenvalue weighted by Crippen LogP contribution is 2.21. The molecule has 3 heterocycles. The van der Waals surface area contributed by atoms with E-state index >= 15 is 0 Å². The number of aromatic nitrogens is 2. The van der Waals surface area contributed by atoms with Crippen LogP contribution < -0.4 is 0 Å². The number of rotatable bonds is 6. The van der Waals surface area contributed by atoms with Crippen molar-refractivity contribution >= 4 is 23.0 Å². The zero-order chi connectivity index (χ0) is 21.0. The van der Waals surface area contributed by atoms with E-state index in [9.17, 15) is 9.59 Å². The Hall–Kier alpha value is -2.12. The van der Waals surface area contributed by atoms with Crippen molar-refractivity contribution in [3.8, 4) is 0 Å². The molecule has 0 aromatic carbocycles. The van der Waals surface area contributed by atoms with Crippen LogP contribution in [-0.2, 0) is 29.0 Å². The first-order valence-corrected chi connectivity index (χ1v) is 11.0. The molecule has 0 aliphatic carbocycles. The van der Waals surface area contributed by atoms with Gasteiger partial charge in [-0.3, -0.25) is 19.5 Å². The minimum Gasteiger partial charge on any atom is -0.338 e. The number of amides is 1. The van der Waals surface area contributed by atoms with Gasteiger partial charge in [-0.15, -0.1) is 11.3 Å². The molecule has 2 aromatic heterocycles. The molecule has 1 fully saturated rings. The number of ketones is 1.